The number of alkyl halides is 1. The lowest BCUT2D eigenvalue weighted by atomic mass is 10.1. The first-order chi connectivity index (χ1) is 10.9. The molecule has 0 spiro atoms. The molecule has 0 atom stereocenters. The summed E-state index contributed by atoms with van der Waals surface area (Å²) >= 11 is 5.71. The molecule has 118 valence electrons. The second-order valence-electron chi connectivity index (χ2n) is 5.63. The molecule has 0 aliphatic rings. The molecule has 0 saturated carbocycles. The SMILES string of the molecule is ClCCCCCCCCN(c1ccccc1)c1ccccc1. The van der Waals surface area contributed by atoms with Crippen LogP contribution in [0.25, 0.3) is 0 Å². The average molecular weight is 316 g/mol. The van der Waals surface area contributed by atoms with Gasteiger partial charge in [-0.2, -0.15) is 0 Å². The van der Waals surface area contributed by atoms with Gasteiger partial charge in [-0.15, -0.1) is 11.6 Å². The summed E-state index contributed by atoms with van der Waals surface area (Å²) in [5.74, 6) is 0.801. The molecule has 1 nitrogen and oxygen atoms in total. The van der Waals surface area contributed by atoms with E-state index < -0.39 is 0 Å². The van der Waals surface area contributed by atoms with Crippen LogP contribution in [0.15, 0.2) is 60.7 Å². The topological polar surface area (TPSA) is 3.24 Å². The van der Waals surface area contributed by atoms with Crippen LogP contribution >= 0.6 is 11.6 Å². The van der Waals surface area contributed by atoms with Gasteiger partial charge in [-0.1, -0.05) is 62.1 Å². The van der Waals surface area contributed by atoms with Crippen molar-refractivity contribution >= 4 is 23.0 Å². The molecular weight excluding hydrogens is 290 g/mol. The smallest absolute Gasteiger partial charge is 0.0410 e. The number of nitrogens with zero attached hydrogens (tertiary/aromatic N) is 1. The highest BCUT2D eigenvalue weighted by atomic mass is 35.5. The molecule has 0 aliphatic heterocycles. The molecule has 0 fully saturated rings. The van der Waals surface area contributed by atoms with Crippen LogP contribution in [-0.4, -0.2) is 12.4 Å². The number of anilines is 2. The fourth-order valence-electron chi connectivity index (χ4n) is 2.69. The normalized spacial score (nSPS) is 10.6. The summed E-state index contributed by atoms with van der Waals surface area (Å²) in [4.78, 5) is 2.42. The highest BCUT2D eigenvalue weighted by molar-refractivity contribution is 6.17. The number of hydrogen-bond acceptors (Lipinski definition) is 1. The summed E-state index contributed by atoms with van der Waals surface area (Å²) < 4.78 is 0. The van der Waals surface area contributed by atoms with Gasteiger partial charge in [-0.3, -0.25) is 0 Å². The summed E-state index contributed by atoms with van der Waals surface area (Å²) in [7, 11) is 0. The zero-order valence-electron chi connectivity index (χ0n) is 13.3. The Morgan fingerprint density at radius 1 is 0.591 bits per heavy atom. The van der Waals surface area contributed by atoms with Crippen molar-refractivity contribution < 1.29 is 0 Å². The number of unbranched alkanes of at least 4 members (excludes halogenated alkanes) is 5. The molecule has 0 saturated heterocycles. The minimum Gasteiger partial charge on any atom is -0.341 e. The van der Waals surface area contributed by atoms with Crippen molar-refractivity contribution in [3.05, 3.63) is 60.7 Å². The fraction of sp³-hybridized carbons (Fsp3) is 0.400. The molecule has 2 aromatic carbocycles. The van der Waals surface area contributed by atoms with Crippen molar-refractivity contribution in [2.24, 2.45) is 0 Å². The lowest BCUT2D eigenvalue weighted by Crippen LogP contribution is -2.18. The standard InChI is InChI=1S/C20H26ClN/c21-17-11-3-1-2-4-12-18-22(19-13-7-5-8-14-19)20-15-9-6-10-16-20/h5-10,13-16H,1-4,11-12,17-18H2. The third-order valence-corrected chi connectivity index (χ3v) is 4.17. The van der Waals surface area contributed by atoms with Gasteiger partial charge in [0, 0.05) is 23.8 Å². The van der Waals surface area contributed by atoms with Gasteiger partial charge in [0.25, 0.3) is 0 Å². The number of halogens is 1. The van der Waals surface area contributed by atoms with Gasteiger partial charge in [-0.25, -0.2) is 0 Å². The molecular formula is C20H26ClN. The van der Waals surface area contributed by atoms with Crippen LogP contribution in [0.3, 0.4) is 0 Å². The Morgan fingerprint density at radius 3 is 1.55 bits per heavy atom. The Bertz CT molecular complexity index is 458. The molecule has 0 heterocycles. The number of hydrogen-bond donors (Lipinski definition) is 0. The lowest BCUT2D eigenvalue weighted by molar-refractivity contribution is 0.610. The van der Waals surface area contributed by atoms with Crippen LogP contribution in [0, 0.1) is 0 Å². The number of para-hydroxylation sites is 2. The van der Waals surface area contributed by atoms with Gasteiger partial charge in [0.1, 0.15) is 0 Å². The zero-order valence-corrected chi connectivity index (χ0v) is 14.0. The zero-order chi connectivity index (χ0) is 15.5. The molecule has 2 rings (SSSR count). The fourth-order valence-corrected chi connectivity index (χ4v) is 2.88. The lowest BCUT2D eigenvalue weighted by Gasteiger charge is -2.25. The Balaban J connectivity index is 1.87. The van der Waals surface area contributed by atoms with Crippen molar-refractivity contribution in [3.8, 4) is 0 Å². The molecule has 0 amide bonds. The van der Waals surface area contributed by atoms with E-state index in [4.69, 9.17) is 11.6 Å². The monoisotopic (exact) mass is 315 g/mol. The van der Waals surface area contributed by atoms with Gasteiger partial charge in [0.2, 0.25) is 0 Å². The van der Waals surface area contributed by atoms with Crippen molar-refractivity contribution in [3.63, 3.8) is 0 Å². The molecule has 0 aromatic heterocycles. The molecule has 0 aliphatic carbocycles. The van der Waals surface area contributed by atoms with E-state index in [1.165, 1.54) is 43.5 Å². The maximum atomic E-state index is 5.71. The molecule has 0 bridgehead atoms. The summed E-state index contributed by atoms with van der Waals surface area (Å²) in [6.45, 7) is 1.07. The van der Waals surface area contributed by atoms with Gasteiger partial charge in [-0.05, 0) is 37.1 Å². The van der Waals surface area contributed by atoms with Gasteiger partial charge in [0.05, 0.1) is 0 Å². The first-order valence-electron chi connectivity index (χ1n) is 8.35. The van der Waals surface area contributed by atoms with Crippen LogP contribution in [-0.2, 0) is 0 Å². The predicted octanol–water partition coefficient (Wildman–Crippen LogP) is 6.40. The number of benzene rings is 2. The minimum absolute atomic E-state index is 0.801. The Morgan fingerprint density at radius 2 is 1.05 bits per heavy atom. The van der Waals surface area contributed by atoms with Crippen LogP contribution in [0.4, 0.5) is 11.4 Å². The van der Waals surface area contributed by atoms with Crippen molar-refractivity contribution in [1.29, 1.82) is 0 Å². The highest BCUT2D eigenvalue weighted by Gasteiger charge is 2.07. The van der Waals surface area contributed by atoms with Gasteiger partial charge in [0.15, 0.2) is 0 Å². The largest absolute Gasteiger partial charge is 0.341 e. The van der Waals surface area contributed by atoms with E-state index in [0.717, 1.165) is 18.8 Å². The predicted molar refractivity (Wildman–Crippen MR) is 98.3 cm³/mol. The first kappa shape index (κ1) is 16.9. The van der Waals surface area contributed by atoms with E-state index in [2.05, 4.69) is 65.6 Å². The van der Waals surface area contributed by atoms with Gasteiger partial charge < -0.3 is 4.90 Å². The number of rotatable bonds is 10. The first-order valence-corrected chi connectivity index (χ1v) is 8.89. The minimum atomic E-state index is 0.801. The van der Waals surface area contributed by atoms with Crippen molar-refractivity contribution in [1.82, 2.24) is 0 Å². The van der Waals surface area contributed by atoms with E-state index in [1.807, 2.05) is 0 Å². The molecule has 2 heteroatoms. The molecule has 2 aromatic rings. The third-order valence-electron chi connectivity index (χ3n) is 3.90. The van der Waals surface area contributed by atoms with Crippen LogP contribution in [0.2, 0.25) is 0 Å². The van der Waals surface area contributed by atoms with Crippen molar-refractivity contribution in [2.45, 2.75) is 38.5 Å². The van der Waals surface area contributed by atoms with Crippen LogP contribution in [0.1, 0.15) is 38.5 Å². The van der Waals surface area contributed by atoms with E-state index in [9.17, 15) is 0 Å². The van der Waals surface area contributed by atoms with E-state index in [-0.39, 0.29) is 0 Å². The van der Waals surface area contributed by atoms with E-state index >= 15 is 0 Å². The van der Waals surface area contributed by atoms with Crippen molar-refractivity contribution in [2.75, 3.05) is 17.3 Å². The Labute approximate surface area is 139 Å². The second-order valence-corrected chi connectivity index (χ2v) is 6.01. The summed E-state index contributed by atoms with van der Waals surface area (Å²) in [5, 5.41) is 0. The van der Waals surface area contributed by atoms with Crippen LogP contribution in [0.5, 0.6) is 0 Å². The summed E-state index contributed by atoms with van der Waals surface area (Å²) in [6.07, 6.45) is 7.56. The summed E-state index contributed by atoms with van der Waals surface area (Å²) in [5.41, 5.74) is 2.55. The Hall–Kier alpha value is -1.47. The molecule has 0 unspecified atom stereocenters. The molecule has 0 N–H and O–H groups in total. The van der Waals surface area contributed by atoms with E-state index in [0.29, 0.717) is 0 Å². The second kappa shape index (κ2) is 10.3. The molecule has 0 radical (unpaired) electrons. The average Bonchev–Trinajstić information content (AvgIpc) is 2.59. The summed E-state index contributed by atoms with van der Waals surface area (Å²) in [6, 6.07) is 21.3. The van der Waals surface area contributed by atoms with Gasteiger partial charge >= 0.3 is 0 Å². The third kappa shape index (κ3) is 5.73. The maximum Gasteiger partial charge on any atom is 0.0410 e. The highest BCUT2D eigenvalue weighted by Crippen LogP contribution is 2.25. The quantitative estimate of drug-likeness (QED) is 0.362. The maximum absolute atomic E-state index is 5.71. The van der Waals surface area contributed by atoms with E-state index in [1.54, 1.807) is 0 Å². The Kier molecular flexibility index (Phi) is 7.90. The van der Waals surface area contributed by atoms with Crippen LogP contribution < -0.4 is 4.90 Å². The molecule has 22 heavy (non-hydrogen) atoms.